The van der Waals surface area contributed by atoms with Gasteiger partial charge in [-0.05, 0) is 31.9 Å². The summed E-state index contributed by atoms with van der Waals surface area (Å²) < 4.78 is 4.85. The molecule has 0 aromatic heterocycles. The quantitative estimate of drug-likeness (QED) is 0.750. The lowest BCUT2D eigenvalue weighted by atomic mass is 10.0. The molecule has 0 aliphatic rings. The Kier molecular flexibility index (Phi) is 9.55. The van der Waals surface area contributed by atoms with Crippen LogP contribution in [0.5, 0.6) is 0 Å². The average molecular weight is 257 g/mol. The number of carbonyl (C=O) groups is 1. The van der Waals surface area contributed by atoms with Crippen molar-refractivity contribution in [1.29, 1.82) is 0 Å². The summed E-state index contributed by atoms with van der Waals surface area (Å²) in [6.45, 7) is 6.34. The van der Waals surface area contributed by atoms with Crippen LogP contribution in [0.2, 0.25) is 5.02 Å². The van der Waals surface area contributed by atoms with E-state index >= 15 is 0 Å². The highest BCUT2D eigenvalue weighted by Crippen LogP contribution is 2.08. The van der Waals surface area contributed by atoms with Gasteiger partial charge in [-0.2, -0.15) is 0 Å². The molecule has 1 aromatic carbocycles. The van der Waals surface area contributed by atoms with Crippen LogP contribution >= 0.6 is 11.6 Å². The molecular weight excluding hydrogens is 236 g/mol. The molecule has 96 valence electrons. The lowest BCUT2D eigenvalue weighted by Crippen LogP contribution is -2.15. The normalized spacial score (nSPS) is 9.47. The second-order valence-corrected chi connectivity index (χ2v) is 4.00. The maximum Gasteiger partial charge on any atom is 0.308 e. The maximum absolute atomic E-state index is 11.0. The zero-order valence-corrected chi connectivity index (χ0v) is 11.5. The summed E-state index contributed by atoms with van der Waals surface area (Å²) in [5.41, 5.74) is 0. The van der Waals surface area contributed by atoms with Gasteiger partial charge in [-0.3, -0.25) is 4.79 Å². The standard InChI is InChI=1S/C8H16O2.C6H5Cl/c1-4-7(5-2)8(9)10-6-3;7-6-4-2-1-3-5-6/h7H,4-6H2,1-3H3;1-5H. The van der Waals surface area contributed by atoms with E-state index in [1.807, 2.05) is 51.1 Å². The van der Waals surface area contributed by atoms with Crippen LogP contribution in [0.3, 0.4) is 0 Å². The predicted octanol–water partition coefficient (Wildman–Crippen LogP) is 4.33. The molecule has 0 aliphatic carbocycles. The van der Waals surface area contributed by atoms with Gasteiger partial charge in [0.1, 0.15) is 0 Å². The number of hydrogen-bond acceptors (Lipinski definition) is 2. The van der Waals surface area contributed by atoms with Crippen molar-refractivity contribution in [3.63, 3.8) is 0 Å². The molecule has 0 unspecified atom stereocenters. The first-order valence-electron chi connectivity index (χ1n) is 6.02. The molecule has 0 amide bonds. The van der Waals surface area contributed by atoms with Crippen molar-refractivity contribution in [1.82, 2.24) is 0 Å². The number of ether oxygens (including phenoxy) is 1. The molecule has 17 heavy (non-hydrogen) atoms. The van der Waals surface area contributed by atoms with Crippen molar-refractivity contribution in [3.05, 3.63) is 35.4 Å². The summed E-state index contributed by atoms with van der Waals surface area (Å²) in [6, 6.07) is 9.44. The summed E-state index contributed by atoms with van der Waals surface area (Å²) in [4.78, 5) is 11.0. The van der Waals surface area contributed by atoms with E-state index in [4.69, 9.17) is 16.3 Å². The van der Waals surface area contributed by atoms with Gasteiger partial charge in [-0.25, -0.2) is 0 Å². The number of hydrogen-bond donors (Lipinski definition) is 0. The Morgan fingerprint density at radius 1 is 1.18 bits per heavy atom. The molecule has 0 heterocycles. The third kappa shape index (κ3) is 7.81. The molecule has 3 heteroatoms. The largest absolute Gasteiger partial charge is 0.466 e. The van der Waals surface area contributed by atoms with E-state index in [0.29, 0.717) is 6.61 Å². The number of benzene rings is 1. The fourth-order valence-electron chi connectivity index (χ4n) is 1.30. The molecule has 0 spiro atoms. The van der Waals surface area contributed by atoms with Crippen molar-refractivity contribution < 1.29 is 9.53 Å². The van der Waals surface area contributed by atoms with E-state index in [0.717, 1.165) is 17.9 Å². The van der Waals surface area contributed by atoms with Gasteiger partial charge in [0.05, 0.1) is 12.5 Å². The first kappa shape index (κ1) is 16.0. The monoisotopic (exact) mass is 256 g/mol. The Morgan fingerprint density at radius 2 is 1.71 bits per heavy atom. The number of carbonyl (C=O) groups excluding carboxylic acids is 1. The first-order chi connectivity index (χ1) is 8.15. The van der Waals surface area contributed by atoms with Crippen LogP contribution in [-0.4, -0.2) is 12.6 Å². The zero-order chi connectivity index (χ0) is 13.1. The molecule has 0 radical (unpaired) electrons. The van der Waals surface area contributed by atoms with Crippen molar-refractivity contribution in [2.24, 2.45) is 5.92 Å². The van der Waals surface area contributed by atoms with Crippen LogP contribution in [0, 0.1) is 5.92 Å². The smallest absolute Gasteiger partial charge is 0.308 e. The van der Waals surface area contributed by atoms with Crippen LogP contribution in [0.25, 0.3) is 0 Å². The molecule has 0 aliphatic heterocycles. The van der Waals surface area contributed by atoms with Gasteiger partial charge in [0, 0.05) is 5.02 Å². The molecule has 1 rings (SSSR count). The minimum Gasteiger partial charge on any atom is -0.466 e. The van der Waals surface area contributed by atoms with Gasteiger partial charge in [-0.1, -0.05) is 43.6 Å². The summed E-state index contributed by atoms with van der Waals surface area (Å²) >= 11 is 5.54. The van der Waals surface area contributed by atoms with Crippen molar-refractivity contribution in [2.75, 3.05) is 6.61 Å². The summed E-state index contributed by atoms with van der Waals surface area (Å²) in [5, 5.41) is 0.794. The SMILES string of the molecule is CCOC(=O)C(CC)CC.Clc1ccccc1. The second-order valence-electron chi connectivity index (χ2n) is 3.56. The average Bonchev–Trinajstić information content (AvgIpc) is 2.33. The van der Waals surface area contributed by atoms with Crippen LogP contribution in [0.15, 0.2) is 30.3 Å². The molecule has 0 N–H and O–H groups in total. The molecular formula is C14H21ClO2. The highest BCUT2D eigenvalue weighted by Gasteiger charge is 2.13. The van der Waals surface area contributed by atoms with Crippen LogP contribution < -0.4 is 0 Å². The summed E-state index contributed by atoms with van der Waals surface area (Å²) in [7, 11) is 0. The Hall–Kier alpha value is -1.02. The highest BCUT2D eigenvalue weighted by molar-refractivity contribution is 6.30. The molecule has 1 aromatic rings. The lowest BCUT2D eigenvalue weighted by molar-refractivity contribution is -0.148. The lowest BCUT2D eigenvalue weighted by Gasteiger charge is -2.09. The van der Waals surface area contributed by atoms with E-state index in [1.54, 1.807) is 0 Å². The van der Waals surface area contributed by atoms with E-state index in [2.05, 4.69) is 0 Å². The molecule has 2 nitrogen and oxygen atoms in total. The molecule has 0 atom stereocenters. The van der Waals surface area contributed by atoms with Gasteiger partial charge < -0.3 is 4.74 Å². The fourth-order valence-corrected chi connectivity index (χ4v) is 1.44. The Labute approximate surface area is 109 Å². The van der Waals surface area contributed by atoms with Crippen molar-refractivity contribution >= 4 is 17.6 Å². The fraction of sp³-hybridized carbons (Fsp3) is 0.500. The molecule has 0 saturated heterocycles. The Bertz CT molecular complexity index is 294. The topological polar surface area (TPSA) is 26.3 Å². The number of rotatable bonds is 4. The van der Waals surface area contributed by atoms with Gasteiger partial charge in [0.2, 0.25) is 0 Å². The van der Waals surface area contributed by atoms with Crippen LogP contribution in [-0.2, 0) is 9.53 Å². The van der Waals surface area contributed by atoms with E-state index in [9.17, 15) is 4.79 Å². The number of halogens is 1. The van der Waals surface area contributed by atoms with Crippen LogP contribution in [0.1, 0.15) is 33.6 Å². The molecule has 0 fully saturated rings. The molecule has 0 bridgehead atoms. The summed E-state index contributed by atoms with van der Waals surface area (Å²) in [5.74, 6) is 0.0625. The van der Waals surface area contributed by atoms with E-state index in [1.165, 1.54) is 0 Å². The highest BCUT2D eigenvalue weighted by atomic mass is 35.5. The van der Waals surface area contributed by atoms with Crippen LogP contribution in [0.4, 0.5) is 0 Å². The Morgan fingerprint density at radius 3 is 2.00 bits per heavy atom. The van der Waals surface area contributed by atoms with E-state index < -0.39 is 0 Å². The number of esters is 1. The summed E-state index contributed by atoms with van der Waals surface area (Å²) in [6.07, 6.45) is 1.77. The first-order valence-corrected chi connectivity index (χ1v) is 6.40. The maximum atomic E-state index is 11.0. The minimum atomic E-state index is -0.0486. The van der Waals surface area contributed by atoms with Crippen molar-refractivity contribution in [3.8, 4) is 0 Å². The zero-order valence-electron chi connectivity index (χ0n) is 10.8. The third-order valence-electron chi connectivity index (χ3n) is 2.34. The predicted molar refractivity (Wildman–Crippen MR) is 72.2 cm³/mol. The Balaban J connectivity index is 0.000000318. The van der Waals surface area contributed by atoms with Gasteiger partial charge in [-0.15, -0.1) is 0 Å². The third-order valence-corrected chi connectivity index (χ3v) is 2.59. The van der Waals surface area contributed by atoms with Gasteiger partial charge >= 0.3 is 5.97 Å². The second kappa shape index (κ2) is 10.2. The van der Waals surface area contributed by atoms with Gasteiger partial charge in [0.15, 0.2) is 0 Å². The van der Waals surface area contributed by atoms with E-state index in [-0.39, 0.29) is 11.9 Å². The minimum absolute atomic E-state index is 0.0486. The van der Waals surface area contributed by atoms with Crippen molar-refractivity contribution in [2.45, 2.75) is 33.6 Å². The molecule has 0 saturated carbocycles. The van der Waals surface area contributed by atoms with Gasteiger partial charge in [0.25, 0.3) is 0 Å².